The van der Waals surface area contributed by atoms with Crippen molar-refractivity contribution in [3.8, 4) is 5.75 Å². The van der Waals surface area contributed by atoms with Gasteiger partial charge in [-0.3, -0.25) is 4.90 Å². The van der Waals surface area contributed by atoms with E-state index >= 15 is 0 Å². The number of morpholine rings is 1. The first kappa shape index (κ1) is 25.3. The molecule has 0 N–H and O–H groups in total. The van der Waals surface area contributed by atoms with E-state index in [0.717, 1.165) is 67.2 Å². The maximum absolute atomic E-state index is 12.2. The molecule has 0 unspecified atom stereocenters. The molecule has 0 spiro atoms. The monoisotopic (exact) mass is 518 g/mol. The molecule has 2 heterocycles. The number of hydrogen-bond acceptors (Lipinski definition) is 5. The second kappa shape index (κ2) is 11.8. The number of carbonyl (C=O) groups excluding carboxylic acids is 1. The minimum atomic E-state index is -0.378. The Hall–Kier alpha value is -3.32. The van der Waals surface area contributed by atoms with Crippen molar-refractivity contribution in [2.24, 2.45) is 0 Å². The summed E-state index contributed by atoms with van der Waals surface area (Å²) in [5, 5.41) is 1.67. The van der Waals surface area contributed by atoms with Crippen LogP contribution in [0.5, 0.6) is 5.75 Å². The van der Waals surface area contributed by atoms with Crippen molar-refractivity contribution >= 4 is 28.5 Å². The third-order valence-corrected chi connectivity index (χ3v) is 6.97. The third kappa shape index (κ3) is 6.34. The van der Waals surface area contributed by atoms with Gasteiger partial charge in [-0.05, 0) is 71.0 Å². The predicted molar refractivity (Wildman–Crippen MR) is 146 cm³/mol. The standard InChI is InChI=1S/C30H31ClN2O4/c1-35-30(34)28-20-26(31)7-6-24(28)17-22-5-8-29-25(18-22)9-10-33(29)21-23-3-2-4-27(19-23)37-16-13-32-11-14-36-15-12-32/h2-10,18-20H,11-17,21H2,1H3. The molecule has 0 amide bonds. The molecule has 0 radical (unpaired) electrons. The topological polar surface area (TPSA) is 52.9 Å². The second-order valence-electron chi connectivity index (χ2n) is 9.26. The number of methoxy groups -OCH3 is 1. The Morgan fingerprint density at radius 2 is 1.86 bits per heavy atom. The summed E-state index contributed by atoms with van der Waals surface area (Å²) in [4.78, 5) is 14.6. The van der Waals surface area contributed by atoms with Crippen LogP contribution in [0.4, 0.5) is 0 Å². The molecule has 4 aromatic rings. The molecule has 0 aliphatic carbocycles. The lowest BCUT2D eigenvalue weighted by Crippen LogP contribution is -2.38. The second-order valence-corrected chi connectivity index (χ2v) is 9.69. The SMILES string of the molecule is COC(=O)c1cc(Cl)ccc1Cc1ccc2c(ccn2Cc2cccc(OCCN3CCOCC3)c2)c1. The van der Waals surface area contributed by atoms with Crippen LogP contribution in [0.15, 0.2) is 72.9 Å². The number of fused-ring (bicyclic) bond motifs is 1. The van der Waals surface area contributed by atoms with E-state index in [1.54, 1.807) is 12.1 Å². The highest BCUT2D eigenvalue weighted by Gasteiger charge is 2.14. The third-order valence-electron chi connectivity index (χ3n) is 6.74. The molecule has 6 nitrogen and oxygen atoms in total. The van der Waals surface area contributed by atoms with Crippen molar-refractivity contribution in [2.75, 3.05) is 46.6 Å². The molecule has 0 atom stereocenters. The number of nitrogens with zero attached hydrogens (tertiary/aromatic N) is 2. The van der Waals surface area contributed by atoms with Crippen LogP contribution in [-0.4, -0.2) is 62.0 Å². The normalized spacial score (nSPS) is 14.1. The lowest BCUT2D eigenvalue weighted by atomic mass is 9.99. The van der Waals surface area contributed by atoms with E-state index in [1.807, 2.05) is 18.2 Å². The molecule has 0 saturated carbocycles. The lowest BCUT2D eigenvalue weighted by molar-refractivity contribution is 0.0322. The van der Waals surface area contributed by atoms with E-state index in [2.05, 4.69) is 52.1 Å². The highest BCUT2D eigenvalue weighted by Crippen LogP contribution is 2.24. The summed E-state index contributed by atoms with van der Waals surface area (Å²) in [6.45, 7) is 5.89. The van der Waals surface area contributed by atoms with Crippen molar-refractivity contribution in [3.05, 3.63) is 100 Å². The Balaban J connectivity index is 1.26. The molecule has 1 aliphatic rings. The van der Waals surface area contributed by atoms with Gasteiger partial charge in [0.2, 0.25) is 0 Å². The summed E-state index contributed by atoms with van der Waals surface area (Å²) < 4.78 is 18.6. The molecule has 5 rings (SSSR count). The fourth-order valence-corrected chi connectivity index (χ4v) is 4.94. The van der Waals surface area contributed by atoms with Gasteiger partial charge >= 0.3 is 5.97 Å². The summed E-state index contributed by atoms with van der Waals surface area (Å²) in [6.07, 6.45) is 2.73. The molecule has 1 aliphatic heterocycles. The van der Waals surface area contributed by atoms with E-state index in [4.69, 9.17) is 25.8 Å². The minimum Gasteiger partial charge on any atom is -0.492 e. The highest BCUT2D eigenvalue weighted by atomic mass is 35.5. The van der Waals surface area contributed by atoms with E-state index in [9.17, 15) is 4.79 Å². The molecular formula is C30H31ClN2O4. The van der Waals surface area contributed by atoms with Gasteiger partial charge in [0.1, 0.15) is 12.4 Å². The van der Waals surface area contributed by atoms with Gasteiger partial charge in [-0.1, -0.05) is 35.9 Å². The zero-order valence-electron chi connectivity index (χ0n) is 21.0. The largest absolute Gasteiger partial charge is 0.492 e. The van der Waals surface area contributed by atoms with Crippen molar-refractivity contribution in [2.45, 2.75) is 13.0 Å². The summed E-state index contributed by atoms with van der Waals surface area (Å²) in [5.41, 5.74) is 4.86. The van der Waals surface area contributed by atoms with Gasteiger partial charge in [-0.25, -0.2) is 4.79 Å². The van der Waals surface area contributed by atoms with Crippen LogP contribution in [0.1, 0.15) is 27.0 Å². The Labute approximate surface area is 222 Å². The van der Waals surface area contributed by atoms with Gasteiger partial charge < -0.3 is 18.8 Å². The Bertz CT molecular complexity index is 1380. The van der Waals surface area contributed by atoms with E-state index in [0.29, 0.717) is 23.6 Å². The number of benzene rings is 3. The average Bonchev–Trinajstić information content (AvgIpc) is 3.32. The number of hydrogen-bond donors (Lipinski definition) is 0. The quantitative estimate of drug-likeness (QED) is 0.276. The van der Waals surface area contributed by atoms with Gasteiger partial charge in [-0.2, -0.15) is 0 Å². The van der Waals surface area contributed by atoms with E-state index < -0.39 is 0 Å². The predicted octanol–water partition coefficient (Wildman–Crippen LogP) is 5.43. The van der Waals surface area contributed by atoms with Crippen molar-refractivity contribution in [3.63, 3.8) is 0 Å². The summed E-state index contributed by atoms with van der Waals surface area (Å²) >= 11 is 6.11. The zero-order valence-corrected chi connectivity index (χ0v) is 21.7. The average molecular weight is 519 g/mol. The van der Waals surface area contributed by atoms with Gasteiger partial charge in [0.25, 0.3) is 0 Å². The van der Waals surface area contributed by atoms with Gasteiger partial charge in [0.05, 0.1) is 25.9 Å². The molecule has 192 valence electrons. The number of aromatic nitrogens is 1. The number of carbonyl (C=O) groups is 1. The van der Waals surface area contributed by atoms with Crippen LogP contribution >= 0.6 is 11.6 Å². The molecule has 1 saturated heterocycles. The van der Waals surface area contributed by atoms with Crippen molar-refractivity contribution in [1.29, 1.82) is 0 Å². The Morgan fingerprint density at radius 3 is 2.70 bits per heavy atom. The van der Waals surface area contributed by atoms with Crippen LogP contribution in [0.25, 0.3) is 10.9 Å². The van der Waals surface area contributed by atoms with Crippen molar-refractivity contribution < 1.29 is 19.0 Å². The fourth-order valence-electron chi connectivity index (χ4n) is 4.77. The van der Waals surface area contributed by atoms with Crippen molar-refractivity contribution in [1.82, 2.24) is 9.47 Å². The molecule has 37 heavy (non-hydrogen) atoms. The first-order chi connectivity index (χ1) is 18.1. The number of rotatable bonds is 9. The lowest BCUT2D eigenvalue weighted by Gasteiger charge is -2.26. The molecule has 0 bridgehead atoms. The van der Waals surface area contributed by atoms with Crippen LogP contribution in [-0.2, 0) is 22.4 Å². The molecule has 3 aromatic carbocycles. The van der Waals surface area contributed by atoms with Crippen LogP contribution in [0.3, 0.4) is 0 Å². The molecular weight excluding hydrogens is 488 g/mol. The smallest absolute Gasteiger partial charge is 0.338 e. The minimum absolute atomic E-state index is 0.378. The van der Waals surface area contributed by atoms with Gasteiger partial charge in [0, 0.05) is 42.9 Å². The summed E-state index contributed by atoms with van der Waals surface area (Å²) in [5.74, 6) is 0.519. The number of halogens is 1. The van der Waals surface area contributed by atoms with Crippen LogP contribution in [0, 0.1) is 0 Å². The molecule has 7 heteroatoms. The zero-order chi connectivity index (χ0) is 25.6. The maximum Gasteiger partial charge on any atom is 0.338 e. The van der Waals surface area contributed by atoms with Gasteiger partial charge in [-0.15, -0.1) is 0 Å². The number of esters is 1. The van der Waals surface area contributed by atoms with Crippen LogP contribution in [0.2, 0.25) is 5.02 Å². The maximum atomic E-state index is 12.2. The fraction of sp³-hybridized carbons (Fsp3) is 0.300. The molecule has 1 fully saturated rings. The Morgan fingerprint density at radius 1 is 1.00 bits per heavy atom. The number of ether oxygens (including phenoxy) is 3. The van der Waals surface area contributed by atoms with E-state index in [1.165, 1.54) is 12.7 Å². The first-order valence-corrected chi connectivity index (χ1v) is 12.9. The van der Waals surface area contributed by atoms with E-state index in [-0.39, 0.29) is 5.97 Å². The van der Waals surface area contributed by atoms with Crippen LogP contribution < -0.4 is 4.74 Å². The highest BCUT2D eigenvalue weighted by molar-refractivity contribution is 6.31. The Kier molecular flexibility index (Phi) is 8.09. The summed E-state index contributed by atoms with van der Waals surface area (Å²) in [6, 6.07) is 22.2. The first-order valence-electron chi connectivity index (χ1n) is 12.6. The van der Waals surface area contributed by atoms with Gasteiger partial charge in [0.15, 0.2) is 0 Å². The summed E-state index contributed by atoms with van der Waals surface area (Å²) in [7, 11) is 1.38. The molecule has 1 aromatic heterocycles.